The third-order valence-corrected chi connectivity index (χ3v) is 3.49. The lowest BCUT2D eigenvalue weighted by molar-refractivity contribution is 0.297. The van der Waals surface area contributed by atoms with Crippen molar-refractivity contribution in [1.82, 2.24) is 5.32 Å². The van der Waals surface area contributed by atoms with Crippen LogP contribution in [0.4, 0.5) is 0 Å². The molecule has 1 atom stereocenters. The van der Waals surface area contributed by atoms with Crippen molar-refractivity contribution in [2.24, 2.45) is 0 Å². The van der Waals surface area contributed by atoms with Crippen molar-refractivity contribution in [2.75, 3.05) is 13.2 Å². The van der Waals surface area contributed by atoms with Crippen LogP contribution >= 0.6 is 0 Å². The van der Waals surface area contributed by atoms with Crippen molar-refractivity contribution in [3.05, 3.63) is 29.8 Å². The van der Waals surface area contributed by atoms with Crippen molar-refractivity contribution in [1.29, 1.82) is 0 Å². The molecule has 114 valence electrons. The van der Waals surface area contributed by atoms with Crippen LogP contribution in [0.15, 0.2) is 24.3 Å². The summed E-state index contributed by atoms with van der Waals surface area (Å²) in [5.41, 5.74) is 1.51. The molecule has 1 N–H and O–H groups in total. The number of hydrogen-bond acceptors (Lipinski definition) is 2. The van der Waals surface area contributed by atoms with Gasteiger partial charge < -0.3 is 10.1 Å². The summed E-state index contributed by atoms with van der Waals surface area (Å²) in [5, 5.41) is 3.50. The minimum Gasteiger partial charge on any atom is -0.494 e. The van der Waals surface area contributed by atoms with Crippen LogP contribution in [0.3, 0.4) is 0 Å². The summed E-state index contributed by atoms with van der Waals surface area (Å²) >= 11 is 0. The highest BCUT2D eigenvalue weighted by Gasteiger charge is 2.13. The van der Waals surface area contributed by atoms with Gasteiger partial charge in [0.2, 0.25) is 0 Å². The summed E-state index contributed by atoms with van der Waals surface area (Å²) in [7, 11) is 0. The molecule has 0 radical (unpaired) electrons. The van der Waals surface area contributed by atoms with Crippen LogP contribution in [0, 0.1) is 0 Å². The van der Waals surface area contributed by atoms with Gasteiger partial charge in [0.1, 0.15) is 5.75 Å². The van der Waals surface area contributed by atoms with Crippen LogP contribution in [0.2, 0.25) is 0 Å². The van der Waals surface area contributed by atoms with E-state index in [0.717, 1.165) is 25.3 Å². The van der Waals surface area contributed by atoms with E-state index in [-0.39, 0.29) is 5.41 Å². The van der Waals surface area contributed by atoms with Crippen molar-refractivity contribution in [2.45, 2.75) is 65.3 Å². The maximum atomic E-state index is 5.87. The molecule has 0 fully saturated rings. The van der Waals surface area contributed by atoms with E-state index in [0.29, 0.717) is 6.04 Å². The van der Waals surface area contributed by atoms with E-state index in [1.165, 1.54) is 18.4 Å². The summed E-state index contributed by atoms with van der Waals surface area (Å²) in [4.78, 5) is 0. The first-order valence-corrected chi connectivity index (χ1v) is 7.90. The number of ether oxygens (including phenoxy) is 1. The Hall–Kier alpha value is -1.02. The Balaban J connectivity index is 2.32. The number of rotatable bonds is 8. The highest BCUT2D eigenvalue weighted by Crippen LogP contribution is 2.25. The molecule has 1 rings (SSSR count). The normalized spacial score (nSPS) is 13.2. The number of benzene rings is 1. The predicted molar refractivity (Wildman–Crippen MR) is 87.6 cm³/mol. The van der Waals surface area contributed by atoms with Crippen LogP contribution in [-0.2, 0) is 5.41 Å². The molecule has 0 aliphatic heterocycles. The molecule has 1 unspecified atom stereocenters. The first-order valence-electron chi connectivity index (χ1n) is 7.90. The second kappa shape index (κ2) is 8.31. The van der Waals surface area contributed by atoms with E-state index in [9.17, 15) is 0 Å². The molecule has 0 aliphatic rings. The molecule has 0 amide bonds. The SMILES string of the molecule is CCCNC(C)CCCOc1cccc(C(C)(C)C)c1. The average molecular weight is 277 g/mol. The summed E-state index contributed by atoms with van der Waals surface area (Å²) in [6, 6.07) is 9.05. The molecule has 0 bridgehead atoms. The van der Waals surface area contributed by atoms with E-state index in [1.54, 1.807) is 0 Å². The molecule has 2 nitrogen and oxygen atoms in total. The largest absolute Gasteiger partial charge is 0.494 e. The monoisotopic (exact) mass is 277 g/mol. The Kier molecular flexibility index (Phi) is 7.08. The first-order chi connectivity index (χ1) is 9.43. The molecule has 1 aromatic rings. The lowest BCUT2D eigenvalue weighted by Gasteiger charge is -2.20. The van der Waals surface area contributed by atoms with Crippen molar-refractivity contribution in [3.8, 4) is 5.75 Å². The minimum absolute atomic E-state index is 0.179. The van der Waals surface area contributed by atoms with E-state index in [2.05, 4.69) is 58.1 Å². The molecule has 0 spiro atoms. The quantitative estimate of drug-likeness (QED) is 0.705. The van der Waals surface area contributed by atoms with Crippen LogP contribution < -0.4 is 10.1 Å². The molecule has 0 saturated carbocycles. The second-order valence-corrected chi connectivity index (χ2v) is 6.62. The molecule has 0 heterocycles. The highest BCUT2D eigenvalue weighted by molar-refractivity contribution is 5.32. The standard InChI is InChI=1S/C18H31NO/c1-6-12-19-15(2)9-8-13-20-17-11-7-10-16(14-17)18(3,4)5/h7,10-11,14-15,19H,6,8-9,12-13H2,1-5H3. The lowest BCUT2D eigenvalue weighted by Crippen LogP contribution is -2.26. The Morgan fingerprint density at radius 3 is 2.65 bits per heavy atom. The van der Waals surface area contributed by atoms with Crippen molar-refractivity contribution >= 4 is 0 Å². The van der Waals surface area contributed by atoms with Gasteiger partial charge in [-0.1, -0.05) is 39.8 Å². The fourth-order valence-corrected chi connectivity index (χ4v) is 2.12. The molecule has 20 heavy (non-hydrogen) atoms. The maximum Gasteiger partial charge on any atom is 0.119 e. The number of nitrogens with one attached hydrogen (secondary N) is 1. The van der Waals surface area contributed by atoms with E-state index in [4.69, 9.17) is 4.74 Å². The molecule has 1 aromatic carbocycles. The zero-order chi connectivity index (χ0) is 15.0. The average Bonchev–Trinajstić information content (AvgIpc) is 2.41. The van der Waals surface area contributed by atoms with Gasteiger partial charge in [-0.3, -0.25) is 0 Å². The van der Waals surface area contributed by atoms with Gasteiger partial charge in [-0.05, 0) is 55.8 Å². The molecular weight excluding hydrogens is 246 g/mol. The molecule has 0 aliphatic carbocycles. The van der Waals surface area contributed by atoms with Gasteiger partial charge >= 0.3 is 0 Å². The molecule has 0 saturated heterocycles. The van der Waals surface area contributed by atoms with Crippen LogP contribution in [0.1, 0.15) is 59.4 Å². The van der Waals surface area contributed by atoms with E-state index < -0.39 is 0 Å². The summed E-state index contributed by atoms with van der Waals surface area (Å²) in [6.45, 7) is 13.0. The maximum absolute atomic E-state index is 5.87. The Morgan fingerprint density at radius 2 is 2.00 bits per heavy atom. The molecule has 0 aromatic heterocycles. The fourth-order valence-electron chi connectivity index (χ4n) is 2.12. The molecular formula is C18H31NO. The summed E-state index contributed by atoms with van der Waals surface area (Å²) in [5.74, 6) is 0.992. The van der Waals surface area contributed by atoms with Gasteiger partial charge in [-0.2, -0.15) is 0 Å². The third kappa shape index (κ3) is 6.42. The van der Waals surface area contributed by atoms with Crippen molar-refractivity contribution in [3.63, 3.8) is 0 Å². The van der Waals surface area contributed by atoms with Crippen LogP contribution in [0.25, 0.3) is 0 Å². The summed E-state index contributed by atoms with van der Waals surface area (Å²) < 4.78 is 5.87. The Morgan fingerprint density at radius 1 is 1.25 bits per heavy atom. The van der Waals surface area contributed by atoms with Gasteiger partial charge in [-0.15, -0.1) is 0 Å². The zero-order valence-electron chi connectivity index (χ0n) is 13.8. The van der Waals surface area contributed by atoms with Gasteiger partial charge in [0.15, 0.2) is 0 Å². The fraction of sp³-hybridized carbons (Fsp3) is 0.667. The van der Waals surface area contributed by atoms with Crippen LogP contribution in [0.5, 0.6) is 5.75 Å². The number of hydrogen-bond donors (Lipinski definition) is 1. The van der Waals surface area contributed by atoms with Crippen molar-refractivity contribution < 1.29 is 4.74 Å². The second-order valence-electron chi connectivity index (χ2n) is 6.62. The van der Waals surface area contributed by atoms with Gasteiger partial charge in [-0.25, -0.2) is 0 Å². The van der Waals surface area contributed by atoms with Crippen LogP contribution in [-0.4, -0.2) is 19.2 Å². The smallest absolute Gasteiger partial charge is 0.119 e. The predicted octanol–water partition coefficient (Wildman–Crippen LogP) is 4.53. The molecule has 2 heteroatoms. The highest BCUT2D eigenvalue weighted by atomic mass is 16.5. The minimum atomic E-state index is 0.179. The third-order valence-electron chi connectivity index (χ3n) is 3.49. The van der Waals surface area contributed by atoms with E-state index >= 15 is 0 Å². The topological polar surface area (TPSA) is 21.3 Å². The Labute approximate surface area is 124 Å². The van der Waals surface area contributed by atoms with Gasteiger partial charge in [0.25, 0.3) is 0 Å². The summed E-state index contributed by atoms with van der Waals surface area (Å²) in [6.07, 6.45) is 3.46. The zero-order valence-corrected chi connectivity index (χ0v) is 13.8. The van der Waals surface area contributed by atoms with E-state index in [1.807, 2.05) is 6.07 Å². The lowest BCUT2D eigenvalue weighted by atomic mass is 9.87. The first kappa shape index (κ1) is 17.0. The van der Waals surface area contributed by atoms with Gasteiger partial charge in [0.05, 0.1) is 6.61 Å². The Bertz CT molecular complexity index is 381. The van der Waals surface area contributed by atoms with Gasteiger partial charge in [0, 0.05) is 6.04 Å².